The molecule has 2 aromatic heterocycles. The quantitative estimate of drug-likeness (QED) is 0.677. The maximum atomic E-state index is 10.5. The zero-order chi connectivity index (χ0) is 15.0. The first-order valence-electron chi connectivity index (χ1n) is 6.41. The number of halogens is 2. The summed E-state index contributed by atoms with van der Waals surface area (Å²) in [6.07, 6.45) is 0.896. The molecule has 0 saturated carbocycles. The minimum absolute atomic E-state index is 0.595. The number of benzene rings is 1. The average Bonchev–Trinajstić information content (AvgIpc) is 2.46. The summed E-state index contributed by atoms with van der Waals surface area (Å²) in [5.41, 5.74) is 3.29. The molecular formula is C16H12Br2N2O. The van der Waals surface area contributed by atoms with Crippen molar-refractivity contribution >= 4 is 42.8 Å². The third kappa shape index (κ3) is 3.00. The normalized spacial score (nSPS) is 12.6. The van der Waals surface area contributed by atoms with E-state index in [2.05, 4.69) is 41.8 Å². The van der Waals surface area contributed by atoms with Crippen molar-refractivity contribution < 1.29 is 5.11 Å². The van der Waals surface area contributed by atoms with E-state index in [1.165, 1.54) is 0 Å². The Morgan fingerprint density at radius 3 is 2.67 bits per heavy atom. The molecule has 1 atom stereocenters. The fourth-order valence-corrected chi connectivity index (χ4v) is 3.40. The van der Waals surface area contributed by atoms with Crippen LogP contribution < -0.4 is 0 Å². The van der Waals surface area contributed by atoms with Crippen molar-refractivity contribution in [1.82, 2.24) is 9.97 Å². The molecule has 0 saturated heterocycles. The van der Waals surface area contributed by atoms with Gasteiger partial charge in [0.25, 0.3) is 0 Å². The Balaban J connectivity index is 2.04. The highest BCUT2D eigenvalue weighted by molar-refractivity contribution is 9.11. The Hall–Kier alpha value is -1.30. The molecular weight excluding hydrogens is 396 g/mol. The van der Waals surface area contributed by atoms with Crippen molar-refractivity contribution in [2.24, 2.45) is 0 Å². The van der Waals surface area contributed by atoms with E-state index in [1.54, 1.807) is 6.20 Å². The van der Waals surface area contributed by atoms with Crippen LogP contribution in [0.4, 0.5) is 0 Å². The SMILES string of the molecule is Cc1ccc2cc(C(O)c3ncc(Br)cc3Br)ccc2n1. The molecule has 0 radical (unpaired) electrons. The number of hydrogen-bond acceptors (Lipinski definition) is 3. The topological polar surface area (TPSA) is 46.0 Å². The first kappa shape index (κ1) is 14.6. The molecule has 21 heavy (non-hydrogen) atoms. The van der Waals surface area contributed by atoms with Gasteiger partial charge in [0.1, 0.15) is 6.10 Å². The van der Waals surface area contributed by atoms with E-state index in [0.717, 1.165) is 31.1 Å². The Morgan fingerprint density at radius 2 is 1.90 bits per heavy atom. The van der Waals surface area contributed by atoms with Crippen LogP contribution in [0.3, 0.4) is 0 Å². The van der Waals surface area contributed by atoms with E-state index >= 15 is 0 Å². The van der Waals surface area contributed by atoms with Crippen LogP contribution in [-0.2, 0) is 0 Å². The fourth-order valence-electron chi connectivity index (χ4n) is 2.20. The van der Waals surface area contributed by atoms with Gasteiger partial charge in [-0.25, -0.2) is 0 Å². The minimum atomic E-state index is -0.779. The molecule has 0 fully saturated rings. The molecule has 0 aliphatic carbocycles. The summed E-state index contributed by atoms with van der Waals surface area (Å²) in [6.45, 7) is 1.96. The molecule has 3 nitrogen and oxygen atoms in total. The average molecular weight is 408 g/mol. The van der Waals surface area contributed by atoms with Gasteiger partial charge in [0.15, 0.2) is 0 Å². The van der Waals surface area contributed by atoms with Crippen LogP contribution in [0.25, 0.3) is 10.9 Å². The molecule has 0 aliphatic rings. The number of aromatic nitrogens is 2. The van der Waals surface area contributed by atoms with Gasteiger partial charge in [-0.15, -0.1) is 0 Å². The predicted octanol–water partition coefficient (Wildman–Crippen LogP) is 4.54. The van der Waals surface area contributed by atoms with E-state index in [9.17, 15) is 5.11 Å². The van der Waals surface area contributed by atoms with Gasteiger partial charge >= 0.3 is 0 Å². The fraction of sp³-hybridized carbons (Fsp3) is 0.125. The van der Waals surface area contributed by atoms with Crippen molar-refractivity contribution in [2.75, 3.05) is 0 Å². The van der Waals surface area contributed by atoms with Crippen molar-refractivity contribution in [3.8, 4) is 0 Å². The van der Waals surface area contributed by atoms with E-state index in [4.69, 9.17) is 0 Å². The summed E-state index contributed by atoms with van der Waals surface area (Å²) in [5, 5.41) is 11.6. The number of aliphatic hydroxyl groups excluding tert-OH is 1. The Kier molecular flexibility index (Phi) is 4.06. The second-order valence-electron chi connectivity index (χ2n) is 4.83. The van der Waals surface area contributed by atoms with Gasteiger partial charge in [-0.2, -0.15) is 0 Å². The summed E-state index contributed by atoms with van der Waals surface area (Å²) in [5.74, 6) is 0. The van der Waals surface area contributed by atoms with Crippen molar-refractivity contribution in [3.63, 3.8) is 0 Å². The molecule has 0 aliphatic heterocycles. The molecule has 2 heterocycles. The van der Waals surface area contributed by atoms with Crippen molar-refractivity contribution in [3.05, 3.63) is 68.5 Å². The summed E-state index contributed by atoms with van der Waals surface area (Å²) in [6, 6.07) is 11.6. The number of fused-ring (bicyclic) bond motifs is 1. The van der Waals surface area contributed by atoms with E-state index in [0.29, 0.717) is 5.69 Å². The van der Waals surface area contributed by atoms with Gasteiger partial charge in [0.2, 0.25) is 0 Å². The summed E-state index contributed by atoms with van der Waals surface area (Å²) in [4.78, 5) is 8.75. The van der Waals surface area contributed by atoms with Crippen molar-refractivity contribution in [1.29, 1.82) is 0 Å². The van der Waals surface area contributed by atoms with E-state index in [1.807, 2.05) is 43.3 Å². The van der Waals surface area contributed by atoms with Crippen LogP contribution in [-0.4, -0.2) is 15.1 Å². The lowest BCUT2D eigenvalue weighted by molar-refractivity contribution is 0.214. The number of aryl methyl sites for hydroxylation is 1. The molecule has 3 aromatic rings. The second-order valence-corrected chi connectivity index (χ2v) is 6.60. The number of pyridine rings is 2. The molecule has 1 N–H and O–H groups in total. The number of aliphatic hydroxyl groups is 1. The molecule has 1 aromatic carbocycles. The standard InChI is InChI=1S/C16H12Br2N2O/c1-9-2-3-10-6-11(4-5-14(10)20-9)16(21)15-13(18)7-12(17)8-19-15/h2-8,16,21H,1H3. The third-order valence-electron chi connectivity index (χ3n) is 3.26. The number of hydrogen-bond donors (Lipinski definition) is 1. The molecule has 3 rings (SSSR count). The maximum Gasteiger partial charge on any atom is 0.122 e. The summed E-state index contributed by atoms with van der Waals surface area (Å²) < 4.78 is 1.63. The summed E-state index contributed by atoms with van der Waals surface area (Å²) in [7, 11) is 0. The van der Waals surface area contributed by atoms with Crippen LogP contribution >= 0.6 is 31.9 Å². The zero-order valence-corrected chi connectivity index (χ0v) is 14.4. The second kappa shape index (κ2) is 5.83. The molecule has 5 heteroatoms. The largest absolute Gasteiger partial charge is 0.382 e. The molecule has 1 unspecified atom stereocenters. The van der Waals surface area contributed by atoms with Crippen LogP contribution in [0, 0.1) is 6.92 Å². The highest BCUT2D eigenvalue weighted by atomic mass is 79.9. The highest BCUT2D eigenvalue weighted by Gasteiger charge is 2.16. The number of nitrogens with zero attached hydrogens (tertiary/aromatic N) is 2. The first-order chi connectivity index (χ1) is 10.0. The van der Waals surface area contributed by atoms with Crippen LogP contribution in [0.5, 0.6) is 0 Å². The third-order valence-corrected chi connectivity index (χ3v) is 4.33. The minimum Gasteiger partial charge on any atom is -0.382 e. The predicted molar refractivity (Wildman–Crippen MR) is 90.2 cm³/mol. The van der Waals surface area contributed by atoms with E-state index < -0.39 is 6.10 Å². The Labute approximate surface area is 139 Å². The van der Waals surface area contributed by atoms with Gasteiger partial charge in [0, 0.05) is 26.2 Å². The van der Waals surface area contributed by atoms with Crippen LogP contribution in [0.15, 0.2) is 51.5 Å². The van der Waals surface area contributed by atoms with Crippen LogP contribution in [0.2, 0.25) is 0 Å². The molecule has 106 valence electrons. The molecule has 0 bridgehead atoms. The summed E-state index contributed by atoms with van der Waals surface area (Å²) >= 11 is 6.80. The lowest BCUT2D eigenvalue weighted by atomic mass is 10.0. The van der Waals surface area contributed by atoms with Gasteiger partial charge in [-0.1, -0.05) is 12.1 Å². The maximum absolute atomic E-state index is 10.5. The monoisotopic (exact) mass is 406 g/mol. The van der Waals surface area contributed by atoms with Crippen molar-refractivity contribution in [2.45, 2.75) is 13.0 Å². The molecule has 0 amide bonds. The lowest BCUT2D eigenvalue weighted by Gasteiger charge is -2.13. The zero-order valence-electron chi connectivity index (χ0n) is 11.2. The van der Waals surface area contributed by atoms with Gasteiger partial charge < -0.3 is 5.11 Å². The smallest absolute Gasteiger partial charge is 0.122 e. The lowest BCUT2D eigenvalue weighted by Crippen LogP contribution is -2.03. The Morgan fingerprint density at radius 1 is 1.10 bits per heavy atom. The van der Waals surface area contributed by atoms with Gasteiger partial charge in [-0.05, 0) is 68.6 Å². The molecule has 0 spiro atoms. The highest BCUT2D eigenvalue weighted by Crippen LogP contribution is 2.30. The van der Waals surface area contributed by atoms with Gasteiger partial charge in [-0.3, -0.25) is 9.97 Å². The van der Waals surface area contributed by atoms with Crippen LogP contribution in [0.1, 0.15) is 23.1 Å². The Bertz CT molecular complexity index is 820. The van der Waals surface area contributed by atoms with E-state index in [-0.39, 0.29) is 0 Å². The first-order valence-corrected chi connectivity index (χ1v) is 7.99. The van der Waals surface area contributed by atoms with Gasteiger partial charge in [0.05, 0.1) is 11.2 Å². The number of rotatable bonds is 2.